The molecule has 4 N–H and O–H groups in total. The van der Waals surface area contributed by atoms with Gasteiger partial charge in [-0.05, 0) is 36.0 Å². The van der Waals surface area contributed by atoms with E-state index in [1.807, 2.05) is 12.1 Å². The molecular formula is C14H23N3. The van der Waals surface area contributed by atoms with Crippen LogP contribution in [0.3, 0.4) is 0 Å². The van der Waals surface area contributed by atoms with Gasteiger partial charge in [0.05, 0.1) is 11.4 Å². The van der Waals surface area contributed by atoms with E-state index in [1.54, 1.807) is 0 Å². The number of nitrogens with two attached hydrogens (primary N) is 2. The summed E-state index contributed by atoms with van der Waals surface area (Å²) in [6.07, 6.45) is 1.26. The van der Waals surface area contributed by atoms with Crippen LogP contribution in [0.15, 0.2) is 18.2 Å². The van der Waals surface area contributed by atoms with Crippen LogP contribution in [0.4, 0.5) is 17.1 Å². The second kappa shape index (κ2) is 4.13. The first kappa shape index (κ1) is 12.1. The molecule has 1 atom stereocenters. The van der Waals surface area contributed by atoms with E-state index in [2.05, 4.69) is 31.7 Å². The molecule has 0 bridgehead atoms. The summed E-state index contributed by atoms with van der Waals surface area (Å²) in [5.41, 5.74) is 14.5. The van der Waals surface area contributed by atoms with Crippen LogP contribution in [0.2, 0.25) is 0 Å². The molecule has 0 amide bonds. The largest absolute Gasteiger partial charge is 0.397 e. The van der Waals surface area contributed by atoms with Crippen LogP contribution in [-0.4, -0.2) is 13.1 Å². The fraction of sp³-hybridized carbons (Fsp3) is 0.571. The number of anilines is 3. The predicted molar refractivity (Wildman–Crippen MR) is 75.0 cm³/mol. The summed E-state index contributed by atoms with van der Waals surface area (Å²) in [6, 6.07) is 5.95. The van der Waals surface area contributed by atoms with Crippen molar-refractivity contribution in [3.63, 3.8) is 0 Å². The Bertz CT molecular complexity index is 406. The van der Waals surface area contributed by atoms with Gasteiger partial charge in [0.25, 0.3) is 0 Å². The van der Waals surface area contributed by atoms with E-state index >= 15 is 0 Å². The maximum Gasteiger partial charge on any atom is 0.0568 e. The predicted octanol–water partition coefficient (Wildman–Crippen LogP) is 2.72. The highest BCUT2D eigenvalue weighted by molar-refractivity contribution is 5.70. The topological polar surface area (TPSA) is 55.3 Å². The fourth-order valence-electron chi connectivity index (χ4n) is 2.46. The lowest BCUT2D eigenvalue weighted by atomic mass is 9.80. The molecule has 1 aromatic rings. The SMILES string of the molecule is CC(C)(C)C1CCN(c2ccc(N)c(N)c2)C1. The molecular weight excluding hydrogens is 210 g/mol. The average Bonchev–Trinajstić information content (AvgIpc) is 2.70. The van der Waals surface area contributed by atoms with Crippen molar-refractivity contribution in [1.29, 1.82) is 0 Å². The van der Waals surface area contributed by atoms with Crippen LogP contribution in [0.1, 0.15) is 27.2 Å². The molecule has 1 fully saturated rings. The molecule has 0 saturated carbocycles. The third kappa shape index (κ3) is 2.48. The van der Waals surface area contributed by atoms with E-state index in [-0.39, 0.29) is 0 Å². The van der Waals surface area contributed by atoms with E-state index in [4.69, 9.17) is 11.5 Å². The third-order valence-corrected chi connectivity index (χ3v) is 3.85. The standard InChI is InChI=1S/C14H23N3/c1-14(2,3)10-6-7-17(9-10)11-4-5-12(15)13(16)8-11/h4-5,8,10H,6-7,9,15-16H2,1-3H3. The summed E-state index contributed by atoms with van der Waals surface area (Å²) in [5, 5.41) is 0. The van der Waals surface area contributed by atoms with Crippen LogP contribution in [-0.2, 0) is 0 Å². The minimum absolute atomic E-state index is 0.383. The highest BCUT2D eigenvalue weighted by atomic mass is 15.2. The van der Waals surface area contributed by atoms with Gasteiger partial charge >= 0.3 is 0 Å². The van der Waals surface area contributed by atoms with Gasteiger partial charge in [0.2, 0.25) is 0 Å². The van der Waals surface area contributed by atoms with E-state index in [0.717, 1.165) is 19.0 Å². The smallest absolute Gasteiger partial charge is 0.0568 e. The fourth-order valence-corrected chi connectivity index (χ4v) is 2.46. The first-order chi connectivity index (χ1) is 7.88. The summed E-state index contributed by atoms with van der Waals surface area (Å²) >= 11 is 0. The Hall–Kier alpha value is -1.38. The maximum absolute atomic E-state index is 5.86. The first-order valence-electron chi connectivity index (χ1n) is 6.28. The Balaban J connectivity index is 2.13. The van der Waals surface area contributed by atoms with Crippen molar-refractivity contribution < 1.29 is 0 Å². The number of rotatable bonds is 1. The second-order valence-corrected chi connectivity index (χ2v) is 6.11. The summed E-state index contributed by atoms with van der Waals surface area (Å²) in [5.74, 6) is 0.751. The Morgan fingerprint density at radius 2 is 1.88 bits per heavy atom. The van der Waals surface area contributed by atoms with Gasteiger partial charge in [0.15, 0.2) is 0 Å². The number of nitrogens with zero attached hydrogens (tertiary/aromatic N) is 1. The molecule has 1 heterocycles. The number of nitrogen functional groups attached to an aromatic ring is 2. The van der Waals surface area contributed by atoms with Crippen LogP contribution in [0, 0.1) is 11.3 Å². The van der Waals surface area contributed by atoms with Crippen LogP contribution < -0.4 is 16.4 Å². The molecule has 0 radical (unpaired) electrons. The molecule has 0 aromatic heterocycles. The average molecular weight is 233 g/mol. The van der Waals surface area contributed by atoms with Gasteiger partial charge in [-0.25, -0.2) is 0 Å². The summed E-state index contributed by atoms with van der Waals surface area (Å²) < 4.78 is 0. The summed E-state index contributed by atoms with van der Waals surface area (Å²) in [7, 11) is 0. The van der Waals surface area contributed by atoms with Gasteiger partial charge in [-0.2, -0.15) is 0 Å². The minimum atomic E-state index is 0.383. The molecule has 94 valence electrons. The Kier molecular flexibility index (Phi) is 2.94. The molecule has 1 aromatic carbocycles. The molecule has 1 unspecified atom stereocenters. The number of benzene rings is 1. The number of hydrogen-bond donors (Lipinski definition) is 2. The van der Waals surface area contributed by atoms with Crippen molar-refractivity contribution in [2.75, 3.05) is 29.5 Å². The molecule has 0 aliphatic carbocycles. The van der Waals surface area contributed by atoms with E-state index in [0.29, 0.717) is 16.8 Å². The lowest BCUT2D eigenvalue weighted by molar-refractivity contribution is 0.263. The second-order valence-electron chi connectivity index (χ2n) is 6.11. The van der Waals surface area contributed by atoms with Gasteiger partial charge in [0.1, 0.15) is 0 Å². The van der Waals surface area contributed by atoms with Gasteiger partial charge in [-0.15, -0.1) is 0 Å². The van der Waals surface area contributed by atoms with E-state index in [1.165, 1.54) is 12.1 Å². The Labute approximate surface area is 104 Å². The lowest BCUT2D eigenvalue weighted by Crippen LogP contribution is -2.25. The van der Waals surface area contributed by atoms with Crippen molar-refractivity contribution in [3.05, 3.63) is 18.2 Å². The van der Waals surface area contributed by atoms with Crippen molar-refractivity contribution in [2.45, 2.75) is 27.2 Å². The quantitative estimate of drug-likeness (QED) is 0.733. The molecule has 1 saturated heterocycles. The highest BCUT2D eigenvalue weighted by Crippen LogP contribution is 2.36. The normalized spacial score (nSPS) is 20.9. The zero-order valence-electron chi connectivity index (χ0n) is 11.0. The summed E-state index contributed by atoms with van der Waals surface area (Å²) in [4.78, 5) is 2.41. The lowest BCUT2D eigenvalue weighted by Gasteiger charge is -2.27. The van der Waals surface area contributed by atoms with Crippen LogP contribution in [0.25, 0.3) is 0 Å². The molecule has 1 aliphatic heterocycles. The molecule has 0 spiro atoms. The third-order valence-electron chi connectivity index (χ3n) is 3.85. The first-order valence-corrected chi connectivity index (χ1v) is 6.28. The maximum atomic E-state index is 5.86. The van der Waals surface area contributed by atoms with Crippen molar-refractivity contribution >= 4 is 17.1 Å². The summed E-state index contributed by atoms with van der Waals surface area (Å²) in [6.45, 7) is 9.19. The Morgan fingerprint density at radius 1 is 1.18 bits per heavy atom. The molecule has 3 nitrogen and oxygen atoms in total. The van der Waals surface area contributed by atoms with Gasteiger partial charge < -0.3 is 16.4 Å². The van der Waals surface area contributed by atoms with Gasteiger partial charge in [-0.1, -0.05) is 20.8 Å². The van der Waals surface area contributed by atoms with E-state index in [9.17, 15) is 0 Å². The van der Waals surface area contributed by atoms with Gasteiger partial charge in [0, 0.05) is 18.8 Å². The van der Waals surface area contributed by atoms with Crippen molar-refractivity contribution in [3.8, 4) is 0 Å². The minimum Gasteiger partial charge on any atom is -0.397 e. The number of hydrogen-bond acceptors (Lipinski definition) is 3. The molecule has 17 heavy (non-hydrogen) atoms. The van der Waals surface area contributed by atoms with E-state index < -0.39 is 0 Å². The molecule has 2 rings (SSSR count). The molecule has 3 heteroatoms. The van der Waals surface area contributed by atoms with Gasteiger partial charge in [-0.3, -0.25) is 0 Å². The zero-order chi connectivity index (χ0) is 12.6. The van der Waals surface area contributed by atoms with Crippen molar-refractivity contribution in [2.24, 2.45) is 11.3 Å². The monoisotopic (exact) mass is 233 g/mol. The van der Waals surface area contributed by atoms with Crippen LogP contribution in [0.5, 0.6) is 0 Å². The molecule has 1 aliphatic rings. The van der Waals surface area contributed by atoms with Crippen LogP contribution >= 0.6 is 0 Å². The zero-order valence-corrected chi connectivity index (χ0v) is 11.0. The Morgan fingerprint density at radius 3 is 2.41 bits per heavy atom. The van der Waals surface area contributed by atoms with Crippen molar-refractivity contribution in [1.82, 2.24) is 0 Å². The highest BCUT2D eigenvalue weighted by Gasteiger charge is 2.31.